The lowest BCUT2D eigenvalue weighted by molar-refractivity contribution is -0.128. The molecule has 3 aromatic rings. The Hall–Kier alpha value is -3.45. The molecule has 1 aliphatic rings. The lowest BCUT2D eigenvalue weighted by atomic mass is 10.2. The third-order valence-electron chi connectivity index (χ3n) is 4.68. The highest BCUT2D eigenvalue weighted by molar-refractivity contribution is 8.15. The van der Waals surface area contributed by atoms with Crippen molar-refractivity contribution in [3.63, 3.8) is 0 Å². The number of hydrogen-bond acceptors (Lipinski definition) is 4. The molecule has 1 aliphatic heterocycles. The number of benzene rings is 3. The van der Waals surface area contributed by atoms with Gasteiger partial charge in [-0.05, 0) is 42.0 Å². The maximum atomic E-state index is 13.1. The first-order chi connectivity index (χ1) is 15.1. The summed E-state index contributed by atoms with van der Waals surface area (Å²) in [7, 11) is 0. The molecule has 1 N–H and O–H groups in total. The molecule has 5 nitrogen and oxygen atoms in total. The zero-order valence-electron chi connectivity index (χ0n) is 16.6. The van der Waals surface area contributed by atoms with Gasteiger partial charge in [0.1, 0.15) is 11.1 Å². The molecule has 0 radical (unpaired) electrons. The van der Waals surface area contributed by atoms with E-state index >= 15 is 0 Å². The number of hydrogen-bond donors (Lipinski definition) is 1. The number of anilines is 1. The molecular weight excluding hydrogens is 413 g/mol. The highest BCUT2D eigenvalue weighted by Crippen LogP contribution is 2.33. The Balaban J connectivity index is 1.52. The zero-order chi connectivity index (χ0) is 21.6. The summed E-state index contributed by atoms with van der Waals surface area (Å²) in [5.41, 5.74) is 2.21. The number of amides is 2. The number of nitrogens with zero attached hydrogens (tertiary/aromatic N) is 2. The summed E-state index contributed by atoms with van der Waals surface area (Å²) in [6, 6.07) is 24.6. The first kappa shape index (κ1) is 20.8. The van der Waals surface area contributed by atoms with E-state index in [1.165, 1.54) is 36.0 Å². The van der Waals surface area contributed by atoms with Crippen molar-refractivity contribution in [2.45, 2.75) is 18.2 Å². The number of carbonyl (C=O) groups excluding carboxylic acids is 2. The number of carbonyl (C=O) groups is 2. The molecule has 1 atom stereocenters. The van der Waals surface area contributed by atoms with Gasteiger partial charge in [-0.1, -0.05) is 60.3 Å². The molecule has 1 saturated heterocycles. The summed E-state index contributed by atoms with van der Waals surface area (Å²) in [6.45, 7) is 0.383. The maximum Gasteiger partial charge on any atom is 0.242 e. The predicted octanol–water partition coefficient (Wildman–Crippen LogP) is 4.99. The molecule has 0 unspecified atom stereocenters. The van der Waals surface area contributed by atoms with Crippen LogP contribution in [0.1, 0.15) is 12.0 Å². The van der Waals surface area contributed by atoms with Crippen LogP contribution in [0.15, 0.2) is 89.9 Å². The van der Waals surface area contributed by atoms with Gasteiger partial charge in [0, 0.05) is 12.1 Å². The zero-order valence-corrected chi connectivity index (χ0v) is 17.4. The van der Waals surface area contributed by atoms with Crippen molar-refractivity contribution < 1.29 is 14.0 Å². The van der Waals surface area contributed by atoms with Crippen LogP contribution in [0.5, 0.6) is 0 Å². The molecule has 4 rings (SSSR count). The molecule has 0 spiro atoms. The molecule has 156 valence electrons. The van der Waals surface area contributed by atoms with Crippen molar-refractivity contribution >= 4 is 40.1 Å². The monoisotopic (exact) mass is 433 g/mol. The van der Waals surface area contributed by atoms with E-state index in [2.05, 4.69) is 10.3 Å². The fraction of sp³-hybridized carbons (Fsp3) is 0.125. The van der Waals surface area contributed by atoms with Gasteiger partial charge < -0.3 is 5.32 Å². The second-order valence-electron chi connectivity index (χ2n) is 7.01. The van der Waals surface area contributed by atoms with Gasteiger partial charge in [0.2, 0.25) is 11.8 Å². The van der Waals surface area contributed by atoms with E-state index in [0.29, 0.717) is 17.4 Å². The topological polar surface area (TPSA) is 61.8 Å². The molecule has 7 heteroatoms. The molecule has 1 fully saturated rings. The van der Waals surface area contributed by atoms with Crippen LogP contribution in [-0.2, 0) is 16.1 Å². The van der Waals surface area contributed by atoms with Crippen molar-refractivity contribution in [2.75, 3.05) is 5.32 Å². The quantitative estimate of drug-likeness (QED) is 0.596. The van der Waals surface area contributed by atoms with Crippen molar-refractivity contribution in [1.82, 2.24) is 4.90 Å². The average Bonchev–Trinajstić information content (AvgIpc) is 3.05. The van der Waals surface area contributed by atoms with Gasteiger partial charge in [0.25, 0.3) is 0 Å². The lowest BCUT2D eigenvalue weighted by Gasteiger charge is -2.16. The summed E-state index contributed by atoms with van der Waals surface area (Å²) in [5, 5.41) is 2.71. The van der Waals surface area contributed by atoms with Crippen LogP contribution in [0, 0.1) is 5.82 Å². The van der Waals surface area contributed by atoms with E-state index in [4.69, 9.17) is 0 Å². The van der Waals surface area contributed by atoms with Crippen LogP contribution in [0.2, 0.25) is 0 Å². The predicted molar refractivity (Wildman–Crippen MR) is 122 cm³/mol. The van der Waals surface area contributed by atoms with Crippen molar-refractivity contribution in [1.29, 1.82) is 0 Å². The molecule has 1 heterocycles. The van der Waals surface area contributed by atoms with Gasteiger partial charge >= 0.3 is 0 Å². The fourth-order valence-electron chi connectivity index (χ4n) is 3.16. The highest BCUT2D eigenvalue weighted by atomic mass is 32.2. The van der Waals surface area contributed by atoms with Crippen molar-refractivity contribution in [3.05, 3.63) is 96.3 Å². The molecule has 0 aliphatic carbocycles. The van der Waals surface area contributed by atoms with Gasteiger partial charge in [-0.2, -0.15) is 0 Å². The average molecular weight is 434 g/mol. The number of nitrogens with one attached hydrogen (secondary N) is 1. The molecule has 3 aromatic carbocycles. The van der Waals surface area contributed by atoms with E-state index in [-0.39, 0.29) is 24.1 Å². The smallest absolute Gasteiger partial charge is 0.242 e. The Kier molecular flexibility index (Phi) is 6.43. The molecule has 31 heavy (non-hydrogen) atoms. The third-order valence-corrected chi connectivity index (χ3v) is 5.86. The standard InChI is InChI=1S/C24H20FN3O2S/c25-18-11-13-20(14-12-18)26-22(29)15-21-23(30)28(16-17-7-3-1-4-8-17)24(31-21)27-19-9-5-2-6-10-19/h1-14,21H,15-16H2,(H,26,29)/t21-/m0/s1. The molecule has 0 aromatic heterocycles. The minimum atomic E-state index is -0.577. The molecule has 2 amide bonds. The Morgan fingerprint density at radius 3 is 2.29 bits per heavy atom. The summed E-state index contributed by atoms with van der Waals surface area (Å²) in [5.74, 6) is -0.839. The van der Waals surface area contributed by atoms with E-state index < -0.39 is 5.25 Å². The summed E-state index contributed by atoms with van der Waals surface area (Å²) < 4.78 is 13.1. The second-order valence-corrected chi connectivity index (χ2v) is 8.18. The van der Waals surface area contributed by atoms with E-state index in [9.17, 15) is 14.0 Å². The van der Waals surface area contributed by atoms with Gasteiger partial charge in [0.05, 0.1) is 12.2 Å². The second kappa shape index (κ2) is 9.57. The summed E-state index contributed by atoms with van der Waals surface area (Å²) in [4.78, 5) is 31.9. The van der Waals surface area contributed by atoms with Crippen LogP contribution < -0.4 is 5.32 Å². The number of thioether (sulfide) groups is 1. The molecule has 0 bridgehead atoms. The number of halogens is 1. The Morgan fingerprint density at radius 2 is 1.61 bits per heavy atom. The first-order valence-electron chi connectivity index (χ1n) is 9.79. The Morgan fingerprint density at radius 1 is 0.968 bits per heavy atom. The minimum absolute atomic E-state index is 0.0000240. The largest absolute Gasteiger partial charge is 0.326 e. The molecular formula is C24H20FN3O2S. The lowest BCUT2D eigenvalue weighted by Crippen LogP contribution is -2.33. The van der Waals surface area contributed by atoms with Gasteiger partial charge in [0.15, 0.2) is 5.17 Å². The van der Waals surface area contributed by atoms with Crippen LogP contribution in [0.4, 0.5) is 15.8 Å². The normalized spacial score (nSPS) is 17.2. The number of rotatable bonds is 6. The SMILES string of the molecule is O=C(C[C@@H]1SC(=Nc2ccccc2)N(Cc2ccccc2)C1=O)Nc1ccc(F)cc1. The van der Waals surface area contributed by atoms with Crippen LogP contribution in [0.25, 0.3) is 0 Å². The number of para-hydroxylation sites is 1. The van der Waals surface area contributed by atoms with Crippen molar-refractivity contribution in [2.24, 2.45) is 4.99 Å². The maximum absolute atomic E-state index is 13.1. The van der Waals surface area contributed by atoms with Gasteiger partial charge in [-0.3, -0.25) is 14.5 Å². The first-order valence-corrected chi connectivity index (χ1v) is 10.7. The van der Waals surface area contributed by atoms with Crippen LogP contribution in [-0.4, -0.2) is 27.1 Å². The van der Waals surface area contributed by atoms with Crippen LogP contribution >= 0.6 is 11.8 Å². The summed E-state index contributed by atoms with van der Waals surface area (Å²) >= 11 is 1.29. The van der Waals surface area contributed by atoms with E-state index in [1.54, 1.807) is 4.90 Å². The third kappa shape index (κ3) is 5.38. The Bertz CT molecular complexity index is 1090. The minimum Gasteiger partial charge on any atom is -0.326 e. The van der Waals surface area contributed by atoms with Gasteiger partial charge in [-0.15, -0.1) is 0 Å². The number of aliphatic imine (C=N–C) groups is 1. The summed E-state index contributed by atoms with van der Waals surface area (Å²) in [6.07, 6.45) is -0.0000240. The van der Waals surface area contributed by atoms with E-state index in [0.717, 1.165) is 11.3 Å². The van der Waals surface area contributed by atoms with Crippen LogP contribution in [0.3, 0.4) is 0 Å². The Labute approximate surface area is 184 Å². The van der Waals surface area contributed by atoms with Gasteiger partial charge in [-0.25, -0.2) is 9.38 Å². The van der Waals surface area contributed by atoms with E-state index in [1.807, 2.05) is 60.7 Å². The molecule has 0 saturated carbocycles. The van der Waals surface area contributed by atoms with Crippen molar-refractivity contribution in [3.8, 4) is 0 Å². The number of amidine groups is 1. The highest BCUT2D eigenvalue weighted by Gasteiger charge is 2.39. The fourth-order valence-corrected chi connectivity index (χ4v) is 4.32.